The summed E-state index contributed by atoms with van der Waals surface area (Å²) in [5.41, 5.74) is 0.699. The summed E-state index contributed by atoms with van der Waals surface area (Å²) < 4.78 is 2.23. The molecule has 0 unspecified atom stereocenters. The lowest BCUT2D eigenvalue weighted by Gasteiger charge is -2.06. The number of aldehydes is 1. The third-order valence-electron chi connectivity index (χ3n) is 3.30. The average Bonchev–Trinajstić information content (AvgIpc) is 2.68. The fraction of sp³-hybridized carbons (Fsp3) is 0.357. The highest BCUT2D eigenvalue weighted by Gasteiger charge is 2.15. The lowest BCUT2D eigenvalue weighted by atomic mass is 10.2. The van der Waals surface area contributed by atoms with Gasteiger partial charge in [0.25, 0.3) is 0 Å². The summed E-state index contributed by atoms with van der Waals surface area (Å²) in [6.07, 6.45) is 5.55. The highest BCUT2D eigenvalue weighted by molar-refractivity contribution is 7.99. The minimum Gasteiger partial charge on any atom is -0.306 e. The second kappa shape index (κ2) is 5.57. The molecule has 0 aliphatic carbocycles. The fourth-order valence-corrected chi connectivity index (χ4v) is 3.13. The molecule has 2 heterocycles. The van der Waals surface area contributed by atoms with Crippen molar-refractivity contribution >= 4 is 18.0 Å². The van der Waals surface area contributed by atoms with Gasteiger partial charge in [0.2, 0.25) is 0 Å². The zero-order valence-electron chi connectivity index (χ0n) is 10.6. The Morgan fingerprint density at radius 3 is 2.74 bits per heavy atom. The molecule has 0 atom stereocenters. The van der Waals surface area contributed by atoms with E-state index in [0.717, 1.165) is 35.1 Å². The van der Waals surface area contributed by atoms with Crippen LogP contribution in [0.4, 0.5) is 0 Å². The molecular weight excluding hydrogens is 258 g/mol. The first kappa shape index (κ1) is 12.4. The van der Waals surface area contributed by atoms with Gasteiger partial charge in [-0.05, 0) is 36.7 Å². The highest BCUT2D eigenvalue weighted by Crippen LogP contribution is 2.28. The summed E-state index contributed by atoms with van der Waals surface area (Å²) in [4.78, 5) is 11.7. The number of aryl methyl sites for hydroxylation is 1. The van der Waals surface area contributed by atoms with Crippen LogP contribution in [0.25, 0.3) is 0 Å². The van der Waals surface area contributed by atoms with Crippen molar-refractivity contribution < 1.29 is 4.79 Å². The lowest BCUT2D eigenvalue weighted by Crippen LogP contribution is -2.02. The van der Waals surface area contributed by atoms with Gasteiger partial charge >= 0.3 is 0 Å². The van der Waals surface area contributed by atoms with Gasteiger partial charge in [-0.25, -0.2) is 0 Å². The van der Waals surface area contributed by atoms with E-state index in [1.807, 2.05) is 24.3 Å². The maximum Gasteiger partial charge on any atom is 0.196 e. The Morgan fingerprint density at radius 1 is 1.11 bits per heavy atom. The molecule has 19 heavy (non-hydrogen) atoms. The van der Waals surface area contributed by atoms with Crippen molar-refractivity contribution in [3.05, 3.63) is 35.7 Å². The van der Waals surface area contributed by atoms with Gasteiger partial charge in [-0.3, -0.25) is 4.79 Å². The first-order valence-corrected chi connectivity index (χ1v) is 7.33. The summed E-state index contributed by atoms with van der Waals surface area (Å²) >= 11 is 1.61. The third kappa shape index (κ3) is 2.71. The molecule has 0 N–H and O–H groups in total. The van der Waals surface area contributed by atoms with E-state index in [0.29, 0.717) is 5.56 Å². The van der Waals surface area contributed by atoms with Crippen molar-refractivity contribution in [1.82, 2.24) is 14.8 Å². The summed E-state index contributed by atoms with van der Waals surface area (Å²) in [6, 6.07) is 7.56. The summed E-state index contributed by atoms with van der Waals surface area (Å²) in [7, 11) is 0. The van der Waals surface area contributed by atoms with E-state index in [4.69, 9.17) is 0 Å². The minimum absolute atomic E-state index is 0.699. The van der Waals surface area contributed by atoms with Gasteiger partial charge in [0.15, 0.2) is 5.16 Å². The van der Waals surface area contributed by atoms with Gasteiger partial charge in [0.05, 0.1) is 0 Å². The fourth-order valence-electron chi connectivity index (χ4n) is 2.25. The molecule has 4 nitrogen and oxygen atoms in total. The van der Waals surface area contributed by atoms with Gasteiger partial charge < -0.3 is 4.57 Å². The monoisotopic (exact) mass is 273 g/mol. The van der Waals surface area contributed by atoms with Crippen molar-refractivity contribution in [2.24, 2.45) is 0 Å². The van der Waals surface area contributed by atoms with E-state index >= 15 is 0 Å². The second-order valence-corrected chi connectivity index (χ2v) is 5.69. The van der Waals surface area contributed by atoms with Crippen LogP contribution in [0.5, 0.6) is 0 Å². The molecule has 0 spiro atoms. The van der Waals surface area contributed by atoms with Gasteiger partial charge in [-0.15, -0.1) is 10.2 Å². The van der Waals surface area contributed by atoms with Crippen LogP contribution in [0.1, 0.15) is 35.4 Å². The van der Waals surface area contributed by atoms with Crippen molar-refractivity contribution in [3.63, 3.8) is 0 Å². The molecule has 0 saturated carbocycles. The topological polar surface area (TPSA) is 47.8 Å². The Morgan fingerprint density at radius 2 is 1.95 bits per heavy atom. The molecule has 0 radical (unpaired) electrons. The Labute approximate surface area is 116 Å². The molecule has 0 amide bonds. The molecule has 5 heteroatoms. The number of benzene rings is 1. The third-order valence-corrected chi connectivity index (χ3v) is 4.29. The standard InChI is InChI=1S/C14H15N3OS/c18-10-11-5-7-12(8-6-11)19-14-16-15-13-4-2-1-3-9-17(13)14/h5-8,10H,1-4,9H2. The Balaban J connectivity index is 1.82. The predicted molar refractivity (Wildman–Crippen MR) is 73.5 cm³/mol. The van der Waals surface area contributed by atoms with Gasteiger partial charge in [0, 0.05) is 23.4 Å². The average molecular weight is 273 g/mol. The molecule has 0 saturated heterocycles. The number of carbonyl (C=O) groups excluding carboxylic acids is 1. The van der Waals surface area contributed by atoms with Gasteiger partial charge in [-0.1, -0.05) is 18.6 Å². The molecule has 1 aliphatic rings. The Hall–Kier alpha value is -1.62. The molecule has 98 valence electrons. The molecule has 0 bridgehead atoms. The Bertz CT molecular complexity index is 577. The second-order valence-electron chi connectivity index (χ2n) is 4.65. The molecule has 1 aromatic carbocycles. The minimum atomic E-state index is 0.699. The van der Waals surface area contributed by atoms with Crippen LogP contribution in [0.15, 0.2) is 34.3 Å². The van der Waals surface area contributed by atoms with Crippen molar-refractivity contribution in [3.8, 4) is 0 Å². The van der Waals surface area contributed by atoms with E-state index in [-0.39, 0.29) is 0 Å². The van der Waals surface area contributed by atoms with Crippen LogP contribution in [0.3, 0.4) is 0 Å². The number of hydrogen-bond acceptors (Lipinski definition) is 4. The molecule has 1 aliphatic heterocycles. The number of carbonyl (C=O) groups is 1. The van der Waals surface area contributed by atoms with Crippen molar-refractivity contribution in [2.45, 2.75) is 42.3 Å². The van der Waals surface area contributed by atoms with E-state index < -0.39 is 0 Å². The molecular formula is C14H15N3OS. The van der Waals surface area contributed by atoms with Crippen LogP contribution in [0.2, 0.25) is 0 Å². The molecule has 2 aromatic rings. The first-order valence-electron chi connectivity index (χ1n) is 6.52. The van der Waals surface area contributed by atoms with E-state index in [2.05, 4.69) is 14.8 Å². The number of aromatic nitrogens is 3. The first-order chi connectivity index (χ1) is 9.36. The van der Waals surface area contributed by atoms with Crippen molar-refractivity contribution in [2.75, 3.05) is 0 Å². The van der Waals surface area contributed by atoms with Crippen molar-refractivity contribution in [1.29, 1.82) is 0 Å². The number of hydrogen-bond donors (Lipinski definition) is 0. The largest absolute Gasteiger partial charge is 0.306 e. The molecule has 1 aromatic heterocycles. The summed E-state index contributed by atoms with van der Waals surface area (Å²) in [5.74, 6) is 1.10. The van der Waals surface area contributed by atoms with E-state index in [9.17, 15) is 4.79 Å². The molecule has 0 fully saturated rings. The highest BCUT2D eigenvalue weighted by atomic mass is 32.2. The van der Waals surface area contributed by atoms with Crippen LogP contribution >= 0.6 is 11.8 Å². The number of nitrogens with zero attached hydrogens (tertiary/aromatic N) is 3. The lowest BCUT2D eigenvalue weighted by molar-refractivity contribution is 0.112. The van der Waals surface area contributed by atoms with Gasteiger partial charge in [-0.2, -0.15) is 0 Å². The normalized spacial score (nSPS) is 14.7. The zero-order valence-corrected chi connectivity index (χ0v) is 11.4. The smallest absolute Gasteiger partial charge is 0.196 e. The SMILES string of the molecule is O=Cc1ccc(Sc2nnc3n2CCCCC3)cc1. The Kier molecular flexibility index (Phi) is 3.64. The van der Waals surface area contributed by atoms with Crippen LogP contribution < -0.4 is 0 Å². The van der Waals surface area contributed by atoms with Gasteiger partial charge in [0.1, 0.15) is 12.1 Å². The predicted octanol–water partition coefficient (Wildman–Crippen LogP) is 2.97. The summed E-state index contributed by atoms with van der Waals surface area (Å²) in [6.45, 7) is 1.01. The van der Waals surface area contributed by atoms with E-state index in [1.165, 1.54) is 19.3 Å². The quantitative estimate of drug-likeness (QED) is 0.807. The van der Waals surface area contributed by atoms with Crippen LogP contribution in [-0.2, 0) is 13.0 Å². The van der Waals surface area contributed by atoms with Crippen LogP contribution in [-0.4, -0.2) is 21.1 Å². The maximum atomic E-state index is 10.6. The number of fused-ring (bicyclic) bond motifs is 1. The zero-order chi connectivity index (χ0) is 13.1. The van der Waals surface area contributed by atoms with E-state index in [1.54, 1.807) is 11.8 Å². The molecule has 3 rings (SSSR count). The summed E-state index contributed by atoms with van der Waals surface area (Å²) in [5, 5.41) is 9.52. The van der Waals surface area contributed by atoms with Crippen LogP contribution in [0, 0.1) is 0 Å². The maximum absolute atomic E-state index is 10.6. The number of rotatable bonds is 3.